The first-order chi connectivity index (χ1) is 13.6. The first-order valence-corrected chi connectivity index (χ1v) is 9.21. The highest BCUT2D eigenvalue weighted by molar-refractivity contribution is 5.98. The third kappa shape index (κ3) is 3.31. The first kappa shape index (κ1) is 18.0. The molecule has 0 bridgehead atoms. The van der Waals surface area contributed by atoms with Crippen LogP contribution in [-0.4, -0.2) is 52.7 Å². The molecule has 0 N–H and O–H groups in total. The van der Waals surface area contributed by atoms with Gasteiger partial charge in [0.25, 0.3) is 0 Å². The molecule has 1 aromatic heterocycles. The molecule has 144 valence electrons. The second kappa shape index (κ2) is 7.34. The monoisotopic (exact) mass is 378 g/mol. The largest absolute Gasteiger partial charge is 0.497 e. The highest BCUT2D eigenvalue weighted by Gasteiger charge is 2.33. The second-order valence-corrected chi connectivity index (χ2v) is 6.95. The van der Waals surface area contributed by atoms with E-state index in [-0.39, 0.29) is 30.9 Å². The number of carbonyl (C=O) groups excluding carboxylic acids is 2. The Morgan fingerprint density at radius 2 is 2.04 bits per heavy atom. The third-order valence-corrected chi connectivity index (χ3v) is 5.04. The van der Waals surface area contributed by atoms with E-state index < -0.39 is 0 Å². The molecule has 7 nitrogen and oxygen atoms in total. The van der Waals surface area contributed by atoms with E-state index in [1.165, 1.54) is 0 Å². The summed E-state index contributed by atoms with van der Waals surface area (Å²) in [7, 11) is 1.60. The molecular weight excluding hydrogens is 356 g/mol. The summed E-state index contributed by atoms with van der Waals surface area (Å²) in [5, 5.41) is 5.30. The first-order valence-electron chi connectivity index (χ1n) is 9.21. The Morgan fingerprint density at radius 3 is 2.82 bits per heavy atom. The molecule has 28 heavy (non-hydrogen) atoms. The van der Waals surface area contributed by atoms with Crippen LogP contribution >= 0.6 is 0 Å². The molecule has 2 heterocycles. The van der Waals surface area contributed by atoms with Crippen LogP contribution in [0.25, 0.3) is 10.9 Å². The van der Waals surface area contributed by atoms with Gasteiger partial charge >= 0.3 is 0 Å². The van der Waals surface area contributed by atoms with Crippen molar-refractivity contribution in [2.75, 3.05) is 25.1 Å². The lowest BCUT2D eigenvalue weighted by Crippen LogP contribution is -2.57. The van der Waals surface area contributed by atoms with Crippen molar-refractivity contribution in [1.82, 2.24) is 14.7 Å². The van der Waals surface area contributed by atoms with Gasteiger partial charge in [-0.1, -0.05) is 24.3 Å². The molecule has 0 aliphatic carbocycles. The second-order valence-electron chi connectivity index (χ2n) is 6.95. The number of piperazine rings is 1. The van der Waals surface area contributed by atoms with Crippen LogP contribution in [0.5, 0.6) is 5.75 Å². The lowest BCUT2D eigenvalue weighted by Gasteiger charge is -2.39. The van der Waals surface area contributed by atoms with Crippen molar-refractivity contribution in [3.05, 3.63) is 54.7 Å². The van der Waals surface area contributed by atoms with Gasteiger partial charge in [0.2, 0.25) is 11.8 Å². The van der Waals surface area contributed by atoms with Gasteiger partial charge in [0, 0.05) is 23.7 Å². The average molecular weight is 378 g/mol. The Labute approximate surface area is 163 Å². The molecule has 2 amide bonds. The number of nitrogens with zero attached hydrogens (tertiary/aromatic N) is 4. The molecule has 0 unspecified atom stereocenters. The number of hydrogen-bond donors (Lipinski definition) is 0. The Balaban J connectivity index is 1.49. The fourth-order valence-corrected chi connectivity index (χ4v) is 3.68. The summed E-state index contributed by atoms with van der Waals surface area (Å²) >= 11 is 0. The summed E-state index contributed by atoms with van der Waals surface area (Å²) in [4.78, 5) is 29.0. The quantitative estimate of drug-likeness (QED) is 0.699. The summed E-state index contributed by atoms with van der Waals surface area (Å²) < 4.78 is 6.94. The Morgan fingerprint density at radius 1 is 1.21 bits per heavy atom. The minimum Gasteiger partial charge on any atom is -0.497 e. The van der Waals surface area contributed by atoms with Gasteiger partial charge in [-0.05, 0) is 25.1 Å². The van der Waals surface area contributed by atoms with Gasteiger partial charge in [0.1, 0.15) is 18.8 Å². The fraction of sp³-hybridized carbons (Fsp3) is 0.286. The van der Waals surface area contributed by atoms with Crippen LogP contribution in [0.2, 0.25) is 0 Å². The zero-order valence-electron chi connectivity index (χ0n) is 15.9. The van der Waals surface area contributed by atoms with Crippen LogP contribution in [0.1, 0.15) is 6.92 Å². The highest BCUT2D eigenvalue weighted by Crippen LogP contribution is 2.25. The van der Waals surface area contributed by atoms with Gasteiger partial charge < -0.3 is 14.5 Å². The van der Waals surface area contributed by atoms with Crippen LogP contribution in [-0.2, 0) is 16.1 Å². The molecule has 1 atom stereocenters. The minimum absolute atomic E-state index is 0.0551. The number of hydrogen-bond acceptors (Lipinski definition) is 4. The number of para-hydroxylation sites is 1. The molecule has 0 spiro atoms. The zero-order valence-corrected chi connectivity index (χ0v) is 15.9. The number of ether oxygens (including phenoxy) is 1. The van der Waals surface area contributed by atoms with Crippen molar-refractivity contribution >= 4 is 28.4 Å². The number of rotatable bonds is 4. The highest BCUT2D eigenvalue weighted by atomic mass is 16.5. The maximum Gasteiger partial charge on any atom is 0.246 e. The van der Waals surface area contributed by atoms with Crippen molar-refractivity contribution in [3.63, 3.8) is 0 Å². The molecule has 1 saturated heterocycles. The van der Waals surface area contributed by atoms with Gasteiger partial charge in [-0.15, -0.1) is 0 Å². The van der Waals surface area contributed by atoms with Crippen molar-refractivity contribution < 1.29 is 14.3 Å². The number of amides is 2. The molecular formula is C21H22N4O3. The van der Waals surface area contributed by atoms with Crippen LogP contribution in [0.15, 0.2) is 54.7 Å². The molecule has 1 fully saturated rings. The molecule has 1 aliphatic heterocycles. The van der Waals surface area contributed by atoms with Gasteiger partial charge in [0.05, 0.1) is 24.9 Å². The minimum atomic E-state index is -0.133. The normalized spacial score (nSPS) is 17.2. The predicted molar refractivity (Wildman–Crippen MR) is 106 cm³/mol. The van der Waals surface area contributed by atoms with Crippen molar-refractivity contribution in [1.29, 1.82) is 0 Å². The van der Waals surface area contributed by atoms with E-state index in [1.54, 1.807) is 27.8 Å². The van der Waals surface area contributed by atoms with Crippen LogP contribution in [0.3, 0.4) is 0 Å². The van der Waals surface area contributed by atoms with E-state index >= 15 is 0 Å². The number of fused-ring (bicyclic) bond motifs is 1. The van der Waals surface area contributed by atoms with Gasteiger partial charge in [-0.2, -0.15) is 5.10 Å². The molecule has 4 rings (SSSR count). The summed E-state index contributed by atoms with van der Waals surface area (Å²) in [5.74, 6) is 0.478. The van der Waals surface area contributed by atoms with Crippen molar-refractivity contribution in [3.8, 4) is 5.75 Å². The number of carbonyl (C=O) groups is 2. The van der Waals surface area contributed by atoms with E-state index in [0.717, 1.165) is 16.6 Å². The number of aromatic nitrogens is 2. The van der Waals surface area contributed by atoms with E-state index in [2.05, 4.69) is 5.10 Å². The average Bonchev–Trinajstić information content (AvgIpc) is 3.10. The Hall–Kier alpha value is -3.35. The van der Waals surface area contributed by atoms with E-state index in [9.17, 15) is 9.59 Å². The molecule has 0 saturated carbocycles. The summed E-state index contributed by atoms with van der Waals surface area (Å²) in [6.45, 7) is 2.59. The number of anilines is 1. The van der Waals surface area contributed by atoms with Crippen LogP contribution in [0.4, 0.5) is 5.69 Å². The predicted octanol–water partition coefficient (Wildman–Crippen LogP) is 2.31. The zero-order chi connectivity index (χ0) is 19.7. The molecule has 7 heteroatoms. The number of benzene rings is 2. The molecule has 2 aromatic carbocycles. The third-order valence-electron chi connectivity index (χ3n) is 5.04. The van der Waals surface area contributed by atoms with Gasteiger partial charge in [-0.25, -0.2) is 0 Å². The summed E-state index contributed by atoms with van der Waals surface area (Å²) in [6.07, 6.45) is 1.75. The van der Waals surface area contributed by atoms with Crippen molar-refractivity contribution in [2.24, 2.45) is 0 Å². The van der Waals surface area contributed by atoms with E-state index in [0.29, 0.717) is 12.3 Å². The maximum atomic E-state index is 12.8. The van der Waals surface area contributed by atoms with E-state index in [4.69, 9.17) is 4.74 Å². The summed E-state index contributed by atoms with van der Waals surface area (Å²) in [5.41, 5.74) is 1.69. The standard InChI is InChI=1S/C21H22N4O3/c1-15-12-23(13-21(27)25(15)17-7-5-8-18(10-17)28-2)20(26)14-24-19-9-4-3-6-16(19)11-22-24/h3-11,15H,12-14H2,1-2H3/t15-/m0/s1. The van der Waals surface area contributed by atoms with Gasteiger partial charge in [0.15, 0.2) is 0 Å². The lowest BCUT2D eigenvalue weighted by molar-refractivity contribution is -0.138. The SMILES string of the molecule is COc1cccc(N2C(=O)CN(C(=O)Cn3ncc4ccccc43)C[C@@H]2C)c1. The Kier molecular flexibility index (Phi) is 4.73. The fourth-order valence-electron chi connectivity index (χ4n) is 3.68. The molecule has 0 radical (unpaired) electrons. The number of methoxy groups -OCH3 is 1. The van der Waals surface area contributed by atoms with Crippen molar-refractivity contribution in [2.45, 2.75) is 19.5 Å². The lowest BCUT2D eigenvalue weighted by atomic mass is 10.1. The molecule has 3 aromatic rings. The topological polar surface area (TPSA) is 67.7 Å². The maximum absolute atomic E-state index is 12.8. The van der Waals surface area contributed by atoms with Crippen LogP contribution < -0.4 is 9.64 Å². The summed E-state index contributed by atoms with van der Waals surface area (Å²) in [6, 6.07) is 15.0. The molecule has 1 aliphatic rings. The van der Waals surface area contributed by atoms with Crippen LogP contribution in [0, 0.1) is 0 Å². The van der Waals surface area contributed by atoms with E-state index in [1.807, 2.05) is 55.5 Å². The van der Waals surface area contributed by atoms with Gasteiger partial charge in [-0.3, -0.25) is 14.3 Å². The Bertz CT molecular complexity index is 1030. The smallest absolute Gasteiger partial charge is 0.246 e.